The molecular weight excluding hydrogens is 284 g/mol. The van der Waals surface area contributed by atoms with Crippen molar-refractivity contribution in [2.24, 2.45) is 0 Å². The van der Waals surface area contributed by atoms with E-state index >= 15 is 0 Å². The second-order valence-corrected chi connectivity index (χ2v) is 5.15. The molecule has 1 saturated heterocycles. The fourth-order valence-electron chi connectivity index (χ4n) is 2.50. The van der Waals surface area contributed by atoms with Crippen LogP contribution in [0.2, 0.25) is 0 Å². The van der Waals surface area contributed by atoms with E-state index in [0.717, 1.165) is 24.3 Å². The van der Waals surface area contributed by atoms with Gasteiger partial charge in [0.1, 0.15) is 0 Å². The van der Waals surface area contributed by atoms with E-state index in [0.29, 0.717) is 24.6 Å². The zero-order chi connectivity index (χ0) is 15.4. The Morgan fingerprint density at radius 2 is 2.50 bits per heavy atom. The van der Waals surface area contributed by atoms with Gasteiger partial charge in [-0.1, -0.05) is 0 Å². The number of nitrogens with zero attached hydrogens (tertiary/aromatic N) is 2. The first-order chi connectivity index (χ1) is 10.8. The molecule has 0 unspecified atom stereocenters. The summed E-state index contributed by atoms with van der Waals surface area (Å²) in [4.78, 5) is 16.4. The van der Waals surface area contributed by atoms with Crippen molar-refractivity contribution in [2.75, 3.05) is 20.3 Å². The molecule has 0 aliphatic carbocycles. The molecule has 2 aromatic rings. The molecule has 0 bridgehead atoms. The van der Waals surface area contributed by atoms with E-state index < -0.39 is 0 Å². The van der Waals surface area contributed by atoms with Crippen LogP contribution in [0.15, 0.2) is 24.5 Å². The Balaban J connectivity index is 1.66. The molecule has 2 N–H and O–H groups in total. The first-order valence-corrected chi connectivity index (χ1v) is 7.16. The third-order valence-corrected chi connectivity index (χ3v) is 3.71. The Hall–Kier alpha value is -2.41. The largest absolute Gasteiger partial charge is 0.481 e. The van der Waals surface area contributed by atoms with Crippen LogP contribution in [0, 0.1) is 0 Å². The lowest BCUT2D eigenvalue weighted by molar-refractivity contribution is 0.0949. The number of H-pyrrole nitrogens is 1. The molecule has 22 heavy (non-hydrogen) atoms. The average molecular weight is 302 g/mol. The minimum Gasteiger partial charge on any atom is -0.481 e. The fraction of sp³-hybridized carbons (Fsp3) is 0.400. The Kier molecular flexibility index (Phi) is 4.34. The molecule has 3 rings (SSSR count). The van der Waals surface area contributed by atoms with Crippen LogP contribution in [-0.2, 0) is 11.3 Å². The first kappa shape index (κ1) is 14.5. The van der Waals surface area contributed by atoms with Crippen LogP contribution >= 0.6 is 0 Å². The standard InChI is InChI=1S/C15H18N4O3/c1-21-13-6-10(2-4-16-13)7-17-15(20)12-8-18-19-14(12)11-3-5-22-9-11/h2,4,6,8,11H,3,5,7,9H2,1H3,(H,17,20)(H,18,19)/t11-/m1/s1. The molecule has 0 spiro atoms. The molecule has 0 saturated carbocycles. The molecular formula is C15H18N4O3. The van der Waals surface area contributed by atoms with E-state index in [-0.39, 0.29) is 11.8 Å². The molecule has 0 radical (unpaired) electrons. The van der Waals surface area contributed by atoms with Crippen molar-refractivity contribution >= 4 is 5.91 Å². The van der Waals surface area contributed by atoms with Crippen molar-refractivity contribution in [3.8, 4) is 5.88 Å². The van der Waals surface area contributed by atoms with Crippen LogP contribution in [0.3, 0.4) is 0 Å². The van der Waals surface area contributed by atoms with Crippen LogP contribution in [0.5, 0.6) is 5.88 Å². The number of hydrogen-bond acceptors (Lipinski definition) is 5. The van der Waals surface area contributed by atoms with E-state index in [4.69, 9.17) is 9.47 Å². The topological polar surface area (TPSA) is 89.1 Å². The number of carbonyl (C=O) groups is 1. The molecule has 1 aliphatic heterocycles. The lowest BCUT2D eigenvalue weighted by Crippen LogP contribution is -2.24. The minimum absolute atomic E-state index is 0.147. The van der Waals surface area contributed by atoms with Gasteiger partial charge < -0.3 is 14.8 Å². The third kappa shape index (κ3) is 3.09. The number of aromatic amines is 1. The summed E-state index contributed by atoms with van der Waals surface area (Å²) in [5.74, 6) is 0.592. The van der Waals surface area contributed by atoms with E-state index in [1.807, 2.05) is 6.07 Å². The van der Waals surface area contributed by atoms with Gasteiger partial charge >= 0.3 is 0 Å². The summed E-state index contributed by atoms with van der Waals surface area (Å²) in [5, 5.41) is 9.82. The Labute approximate surface area is 128 Å². The number of pyridine rings is 1. The van der Waals surface area contributed by atoms with Gasteiger partial charge in [-0.3, -0.25) is 9.89 Å². The lowest BCUT2D eigenvalue weighted by atomic mass is 10.0. The first-order valence-electron chi connectivity index (χ1n) is 7.16. The zero-order valence-electron chi connectivity index (χ0n) is 12.3. The van der Waals surface area contributed by atoms with E-state index in [2.05, 4.69) is 20.5 Å². The highest BCUT2D eigenvalue weighted by molar-refractivity contribution is 5.95. The predicted molar refractivity (Wildman–Crippen MR) is 78.7 cm³/mol. The number of ether oxygens (including phenoxy) is 2. The van der Waals surface area contributed by atoms with E-state index in [1.165, 1.54) is 0 Å². The lowest BCUT2D eigenvalue weighted by Gasteiger charge is -2.09. The van der Waals surface area contributed by atoms with Crippen molar-refractivity contribution in [3.63, 3.8) is 0 Å². The molecule has 1 fully saturated rings. The number of nitrogens with one attached hydrogen (secondary N) is 2. The molecule has 7 nitrogen and oxygen atoms in total. The summed E-state index contributed by atoms with van der Waals surface area (Å²) in [6.07, 6.45) is 4.12. The number of aromatic nitrogens is 3. The smallest absolute Gasteiger partial charge is 0.255 e. The highest BCUT2D eigenvalue weighted by atomic mass is 16.5. The predicted octanol–water partition coefficient (Wildman–Crippen LogP) is 1.25. The van der Waals surface area contributed by atoms with Crippen molar-refractivity contribution in [3.05, 3.63) is 41.3 Å². The summed E-state index contributed by atoms with van der Waals surface area (Å²) in [6.45, 7) is 1.76. The van der Waals surface area contributed by atoms with E-state index in [9.17, 15) is 4.79 Å². The molecule has 116 valence electrons. The van der Waals surface area contributed by atoms with Crippen LogP contribution in [0.4, 0.5) is 0 Å². The zero-order valence-corrected chi connectivity index (χ0v) is 12.3. The summed E-state index contributed by atoms with van der Waals surface area (Å²) in [5.41, 5.74) is 2.35. The van der Waals surface area contributed by atoms with Gasteiger partial charge in [0.2, 0.25) is 5.88 Å². The Morgan fingerprint density at radius 1 is 1.59 bits per heavy atom. The van der Waals surface area contributed by atoms with Crippen LogP contribution in [0.25, 0.3) is 0 Å². The summed E-state index contributed by atoms with van der Waals surface area (Å²) in [6, 6.07) is 3.63. The van der Waals surface area contributed by atoms with Crippen LogP contribution in [0.1, 0.15) is 34.0 Å². The van der Waals surface area contributed by atoms with Crippen LogP contribution in [-0.4, -0.2) is 41.4 Å². The normalized spacial score (nSPS) is 17.4. The van der Waals surface area contributed by atoms with Gasteiger partial charge in [0, 0.05) is 31.3 Å². The molecule has 7 heteroatoms. The van der Waals surface area contributed by atoms with Gasteiger partial charge in [-0.15, -0.1) is 0 Å². The minimum atomic E-state index is -0.147. The second-order valence-electron chi connectivity index (χ2n) is 5.15. The fourth-order valence-corrected chi connectivity index (χ4v) is 2.50. The molecule has 1 amide bonds. The highest BCUT2D eigenvalue weighted by Crippen LogP contribution is 2.26. The monoisotopic (exact) mass is 302 g/mol. The average Bonchev–Trinajstić information content (AvgIpc) is 3.23. The number of amides is 1. The summed E-state index contributed by atoms with van der Waals surface area (Å²) >= 11 is 0. The van der Waals surface area contributed by atoms with Crippen molar-refractivity contribution in [1.29, 1.82) is 0 Å². The number of carbonyl (C=O) groups excluding carboxylic acids is 1. The second kappa shape index (κ2) is 6.57. The Bertz CT molecular complexity index is 650. The highest BCUT2D eigenvalue weighted by Gasteiger charge is 2.25. The van der Waals surface area contributed by atoms with Gasteiger partial charge in [0.15, 0.2) is 0 Å². The summed E-state index contributed by atoms with van der Waals surface area (Å²) < 4.78 is 10.4. The maximum Gasteiger partial charge on any atom is 0.255 e. The molecule has 3 heterocycles. The van der Waals surface area contributed by atoms with Gasteiger partial charge in [-0.25, -0.2) is 4.98 Å². The molecule has 1 atom stereocenters. The maximum absolute atomic E-state index is 12.4. The molecule has 2 aromatic heterocycles. The molecule has 0 aromatic carbocycles. The van der Waals surface area contributed by atoms with Gasteiger partial charge in [-0.2, -0.15) is 5.10 Å². The van der Waals surface area contributed by atoms with Crippen molar-refractivity contribution in [2.45, 2.75) is 18.9 Å². The van der Waals surface area contributed by atoms with E-state index in [1.54, 1.807) is 25.6 Å². The number of hydrogen-bond donors (Lipinski definition) is 2. The van der Waals surface area contributed by atoms with Gasteiger partial charge in [0.05, 0.1) is 31.2 Å². The quantitative estimate of drug-likeness (QED) is 0.867. The van der Waals surface area contributed by atoms with Crippen molar-refractivity contribution in [1.82, 2.24) is 20.5 Å². The number of methoxy groups -OCH3 is 1. The van der Waals surface area contributed by atoms with Crippen molar-refractivity contribution < 1.29 is 14.3 Å². The van der Waals surface area contributed by atoms with Gasteiger partial charge in [0.25, 0.3) is 5.91 Å². The Morgan fingerprint density at radius 3 is 3.27 bits per heavy atom. The third-order valence-electron chi connectivity index (χ3n) is 3.71. The van der Waals surface area contributed by atoms with Crippen LogP contribution < -0.4 is 10.1 Å². The maximum atomic E-state index is 12.4. The molecule has 1 aliphatic rings. The SMILES string of the molecule is COc1cc(CNC(=O)c2cn[nH]c2[C@@H]2CCOC2)ccn1. The number of rotatable bonds is 5. The van der Waals surface area contributed by atoms with Gasteiger partial charge in [-0.05, 0) is 18.1 Å². The summed E-state index contributed by atoms with van der Waals surface area (Å²) in [7, 11) is 1.56.